The zero-order chi connectivity index (χ0) is 13.0. The average molecular weight is 237 g/mol. The molecule has 1 aliphatic rings. The molecule has 2 rings (SSSR count). The number of carboxylic acids is 1. The molecule has 17 heavy (non-hydrogen) atoms. The summed E-state index contributed by atoms with van der Waals surface area (Å²) in [5.74, 6) is 0.555. The second-order valence-electron chi connectivity index (χ2n) is 5.68. The normalized spacial score (nSPS) is 26.2. The minimum atomic E-state index is -0.740. The highest BCUT2D eigenvalue weighted by Gasteiger charge is 2.65. The Morgan fingerprint density at radius 3 is 2.41 bits per heavy atom. The van der Waals surface area contributed by atoms with E-state index in [1.54, 1.807) is 0 Å². The summed E-state index contributed by atoms with van der Waals surface area (Å²) in [5, 5.41) is 17.5. The number of nitrogens with zero attached hydrogens (tertiary/aromatic N) is 3. The second-order valence-corrected chi connectivity index (χ2v) is 5.68. The first-order valence-electron chi connectivity index (χ1n) is 5.92. The van der Waals surface area contributed by atoms with E-state index >= 15 is 0 Å². The van der Waals surface area contributed by atoms with Gasteiger partial charge in [0.1, 0.15) is 11.6 Å². The lowest BCUT2D eigenvalue weighted by Crippen LogP contribution is -2.09. The van der Waals surface area contributed by atoms with Crippen LogP contribution in [0, 0.1) is 18.3 Å². The van der Waals surface area contributed by atoms with Gasteiger partial charge < -0.3 is 9.67 Å². The maximum Gasteiger partial charge on any atom is 0.307 e. The fourth-order valence-electron chi connectivity index (χ4n) is 2.82. The van der Waals surface area contributed by atoms with Crippen LogP contribution in [-0.4, -0.2) is 25.8 Å². The third-order valence-corrected chi connectivity index (χ3v) is 3.78. The summed E-state index contributed by atoms with van der Waals surface area (Å²) in [4.78, 5) is 11.2. The van der Waals surface area contributed by atoms with Crippen LogP contribution < -0.4 is 0 Å². The van der Waals surface area contributed by atoms with Crippen molar-refractivity contribution in [2.45, 2.75) is 46.6 Å². The monoisotopic (exact) mass is 237 g/mol. The van der Waals surface area contributed by atoms with Gasteiger partial charge in [0.15, 0.2) is 0 Å². The Morgan fingerprint density at radius 2 is 2.00 bits per heavy atom. The van der Waals surface area contributed by atoms with E-state index < -0.39 is 5.97 Å². The van der Waals surface area contributed by atoms with Crippen LogP contribution in [0.4, 0.5) is 0 Å². The zero-order valence-electron chi connectivity index (χ0n) is 10.9. The van der Waals surface area contributed by atoms with Crippen molar-refractivity contribution in [3.63, 3.8) is 0 Å². The number of carbonyl (C=O) groups is 1. The van der Waals surface area contributed by atoms with E-state index in [1.165, 1.54) is 0 Å². The van der Waals surface area contributed by atoms with Crippen LogP contribution >= 0.6 is 0 Å². The molecule has 0 aromatic carbocycles. The van der Waals surface area contributed by atoms with Gasteiger partial charge in [0.25, 0.3) is 0 Å². The molecule has 0 aliphatic heterocycles. The van der Waals surface area contributed by atoms with Crippen LogP contribution in [0.5, 0.6) is 0 Å². The topological polar surface area (TPSA) is 68.0 Å². The SMILES string of the molecule is Cc1nnc(C2C(C(=O)O)C2(C)C)n1C(C)C. The summed E-state index contributed by atoms with van der Waals surface area (Å²) in [6, 6.07) is 0.255. The molecule has 94 valence electrons. The lowest BCUT2D eigenvalue weighted by molar-refractivity contribution is -0.139. The lowest BCUT2D eigenvalue weighted by atomic mass is 10.1. The van der Waals surface area contributed by atoms with Crippen LogP contribution in [0.15, 0.2) is 0 Å². The minimum Gasteiger partial charge on any atom is -0.481 e. The van der Waals surface area contributed by atoms with Gasteiger partial charge in [0, 0.05) is 12.0 Å². The molecule has 2 atom stereocenters. The molecule has 5 nitrogen and oxygen atoms in total. The van der Waals surface area contributed by atoms with Gasteiger partial charge in [-0.2, -0.15) is 0 Å². The van der Waals surface area contributed by atoms with Crippen molar-refractivity contribution < 1.29 is 9.90 Å². The fourth-order valence-corrected chi connectivity index (χ4v) is 2.82. The van der Waals surface area contributed by atoms with Crippen molar-refractivity contribution in [2.75, 3.05) is 0 Å². The van der Waals surface area contributed by atoms with E-state index in [1.807, 2.05) is 25.3 Å². The van der Waals surface area contributed by atoms with Crippen LogP contribution in [0.25, 0.3) is 0 Å². The summed E-state index contributed by atoms with van der Waals surface area (Å²) in [7, 11) is 0. The quantitative estimate of drug-likeness (QED) is 0.873. The molecular weight excluding hydrogens is 218 g/mol. The summed E-state index contributed by atoms with van der Waals surface area (Å²) in [5.41, 5.74) is -0.224. The lowest BCUT2D eigenvalue weighted by Gasteiger charge is -2.12. The van der Waals surface area contributed by atoms with Gasteiger partial charge in [-0.1, -0.05) is 13.8 Å². The van der Waals surface area contributed by atoms with E-state index in [9.17, 15) is 9.90 Å². The Morgan fingerprint density at radius 1 is 1.41 bits per heavy atom. The number of aliphatic carboxylic acids is 1. The van der Waals surface area contributed by atoms with E-state index in [0.717, 1.165) is 11.6 Å². The Labute approximate surface area is 101 Å². The molecule has 1 aromatic heterocycles. The number of aromatic nitrogens is 3. The standard InChI is InChI=1S/C12H19N3O2/c1-6(2)15-7(3)13-14-10(15)8-9(11(16)17)12(8,4)5/h6,8-9H,1-5H3,(H,16,17). The minimum absolute atomic E-state index is 0.0244. The van der Waals surface area contributed by atoms with Gasteiger partial charge in [-0.3, -0.25) is 4.79 Å². The largest absolute Gasteiger partial charge is 0.481 e. The predicted molar refractivity (Wildman–Crippen MR) is 62.8 cm³/mol. The van der Waals surface area contributed by atoms with E-state index in [-0.39, 0.29) is 23.3 Å². The highest BCUT2D eigenvalue weighted by molar-refractivity contribution is 5.77. The van der Waals surface area contributed by atoms with Gasteiger partial charge in [-0.25, -0.2) is 0 Å². The third-order valence-electron chi connectivity index (χ3n) is 3.78. The van der Waals surface area contributed by atoms with Crippen molar-refractivity contribution >= 4 is 5.97 Å². The molecular formula is C12H19N3O2. The van der Waals surface area contributed by atoms with Crippen LogP contribution in [0.2, 0.25) is 0 Å². The van der Waals surface area contributed by atoms with Crippen LogP contribution in [-0.2, 0) is 4.79 Å². The summed E-state index contributed by atoms with van der Waals surface area (Å²) in [6.45, 7) is 9.98. The number of hydrogen-bond donors (Lipinski definition) is 1. The highest BCUT2D eigenvalue weighted by Crippen LogP contribution is 2.64. The first-order chi connectivity index (χ1) is 7.78. The Kier molecular flexibility index (Phi) is 2.52. The van der Waals surface area contributed by atoms with Crippen LogP contribution in [0.3, 0.4) is 0 Å². The van der Waals surface area contributed by atoms with Gasteiger partial charge >= 0.3 is 5.97 Å². The maximum absolute atomic E-state index is 11.2. The first-order valence-corrected chi connectivity index (χ1v) is 5.92. The third kappa shape index (κ3) is 1.64. The summed E-state index contributed by atoms with van der Waals surface area (Å²) in [6.07, 6.45) is 0. The molecule has 5 heteroatoms. The molecule has 0 bridgehead atoms. The molecule has 1 fully saturated rings. The van der Waals surface area contributed by atoms with Gasteiger partial charge in [0.2, 0.25) is 0 Å². The molecule has 1 aliphatic carbocycles. The fraction of sp³-hybridized carbons (Fsp3) is 0.750. The number of rotatable bonds is 3. The summed E-state index contributed by atoms with van der Waals surface area (Å²) >= 11 is 0. The second kappa shape index (κ2) is 3.55. The van der Waals surface area contributed by atoms with Gasteiger partial charge in [-0.15, -0.1) is 10.2 Å². The van der Waals surface area contributed by atoms with Crippen molar-refractivity contribution in [1.82, 2.24) is 14.8 Å². The smallest absolute Gasteiger partial charge is 0.307 e. The molecule has 1 saturated carbocycles. The first kappa shape index (κ1) is 12.1. The predicted octanol–water partition coefficient (Wildman–Crippen LogP) is 1.99. The molecule has 2 unspecified atom stereocenters. The molecule has 0 amide bonds. The Bertz CT molecular complexity index is 462. The number of carboxylic acid groups (broad SMARTS) is 1. The molecule has 1 aromatic rings. The summed E-state index contributed by atoms with van der Waals surface area (Å²) < 4.78 is 2.04. The van der Waals surface area contributed by atoms with E-state index in [4.69, 9.17) is 0 Å². The Hall–Kier alpha value is -1.39. The van der Waals surface area contributed by atoms with Crippen LogP contribution in [0.1, 0.15) is 51.3 Å². The molecule has 0 spiro atoms. The molecule has 0 radical (unpaired) electrons. The van der Waals surface area contributed by atoms with Gasteiger partial charge in [-0.05, 0) is 26.2 Å². The number of aryl methyl sites for hydroxylation is 1. The van der Waals surface area contributed by atoms with Crippen molar-refractivity contribution in [2.24, 2.45) is 11.3 Å². The van der Waals surface area contributed by atoms with E-state index in [2.05, 4.69) is 24.0 Å². The maximum atomic E-state index is 11.2. The van der Waals surface area contributed by atoms with Crippen molar-refractivity contribution in [3.8, 4) is 0 Å². The Balaban J connectivity index is 2.41. The highest BCUT2D eigenvalue weighted by atomic mass is 16.4. The van der Waals surface area contributed by atoms with Crippen molar-refractivity contribution in [1.29, 1.82) is 0 Å². The molecule has 0 saturated heterocycles. The van der Waals surface area contributed by atoms with Gasteiger partial charge in [0.05, 0.1) is 5.92 Å². The van der Waals surface area contributed by atoms with Crippen molar-refractivity contribution in [3.05, 3.63) is 11.6 Å². The average Bonchev–Trinajstić information content (AvgIpc) is 2.56. The number of hydrogen-bond acceptors (Lipinski definition) is 3. The molecule has 1 heterocycles. The zero-order valence-corrected chi connectivity index (χ0v) is 10.9. The van der Waals surface area contributed by atoms with E-state index in [0.29, 0.717) is 0 Å². The molecule has 1 N–H and O–H groups in total.